The molecule has 1 aromatic carbocycles. The number of H-pyrrole nitrogens is 1. The summed E-state index contributed by atoms with van der Waals surface area (Å²) in [5.74, 6) is 0. The lowest BCUT2D eigenvalue weighted by atomic mass is 10.0. The van der Waals surface area contributed by atoms with Crippen molar-refractivity contribution >= 4 is 10.9 Å². The van der Waals surface area contributed by atoms with Gasteiger partial charge in [0.2, 0.25) is 0 Å². The lowest BCUT2D eigenvalue weighted by Crippen LogP contribution is -2.21. The fourth-order valence-corrected chi connectivity index (χ4v) is 1.96. The molecule has 0 aliphatic heterocycles. The highest BCUT2D eigenvalue weighted by atomic mass is 14.7. The highest BCUT2D eigenvalue weighted by Crippen LogP contribution is 2.22. The number of aryl methyl sites for hydroxylation is 1. The molecule has 2 nitrogen and oxygen atoms in total. The molecule has 0 bridgehead atoms. The summed E-state index contributed by atoms with van der Waals surface area (Å²) in [6, 6.07) is 6.66. The average Bonchev–Trinajstić information content (AvgIpc) is 2.63. The number of rotatable bonds is 3. The second kappa shape index (κ2) is 4.07. The van der Waals surface area contributed by atoms with E-state index in [2.05, 4.69) is 43.2 Å². The summed E-state index contributed by atoms with van der Waals surface area (Å²) < 4.78 is 0. The van der Waals surface area contributed by atoms with Crippen LogP contribution >= 0.6 is 0 Å². The van der Waals surface area contributed by atoms with Crippen molar-refractivity contribution in [2.24, 2.45) is 5.73 Å². The minimum absolute atomic E-state index is 0.268. The standard InChI is InChI=1S/C13H18N2/c1-3-11(14)7-10-8-15-13-9(2)5-4-6-12(10)13/h4-6,8,11,15H,3,7,14H2,1-2H3/t11-/m0/s1. The van der Waals surface area contributed by atoms with Gasteiger partial charge >= 0.3 is 0 Å². The van der Waals surface area contributed by atoms with Crippen LogP contribution in [0.3, 0.4) is 0 Å². The second-order valence-corrected chi connectivity index (χ2v) is 4.18. The molecule has 1 heterocycles. The van der Waals surface area contributed by atoms with Crippen molar-refractivity contribution in [1.82, 2.24) is 4.98 Å². The minimum Gasteiger partial charge on any atom is -0.361 e. The molecule has 0 spiro atoms. The molecule has 1 atom stereocenters. The number of nitrogens with two attached hydrogens (primary N) is 1. The third-order valence-corrected chi connectivity index (χ3v) is 3.02. The topological polar surface area (TPSA) is 41.8 Å². The van der Waals surface area contributed by atoms with Gasteiger partial charge in [-0.1, -0.05) is 25.1 Å². The molecule has 1 aromatic heterocycles. The molecule has 0 unspecified atom stereocenters. The summed E-state index contributed by atoms with van der Waals surface area (Å²) in [6.45, 7) is 4.26. The number of hydrogen-bond acceptors (Lipinski definition) is 1. The molecular weight excluding hydrogens is 184 g/mol. The van der Waals surface area contributed by atoms with Crippen molar-refractivity contribution in [3.63, 3.8) is 0 Å². The molecule has 2 heteroatoms. The van der Waals surface area contributed by atoms with E-state index in [1.807, 2.05) is 0 Å². The average molecular weight is 202 g/mol. The molecule has 2 rings (SSSR count). The number of hydrogen-bond donors (Lipinski definition) is 2. The van der Waals surface area contributed by atoms with Gasteiger partial charge in [-0.3, -0.25) is 0 Å². The first-order chi connectivity index (χ1) is 7.22. The van der Waals surface area contributed by atoms with Crippen LogP contribution in [0.1, 0.15) is 24.5 Å². The summed E-state index contributed by atoms with van der Waals surface area (Å²) in [6.07, 6.45) is 4.08. The lowest BCUT2D eigenvalue weighted by Gasteiger charge is -2.07. The Morgan fingerprint density at radius 3 is 2.93 bits per heavy atom. The number of fused-ring (bicyclic) bond motifs is 1. The highest BCUT2D eigenvalue weighted by Gasteiger charge is 2.07. The van der Waals surface area contributed by atoms with E-state index in [4.69, 9.17) is 5.73 Å². The van der Waals surface area contributed by atoms with Gasteiger partial charge in [0.15, 0.2) is 0 Å². The Bertz CT molecular complexity index is 457. The SMILES string of the molecule is CC[C@H](N)Cc1c[nH]c2c(C)cccc12. The molecule has 0 aliphatic carbocycles. The lowest BCUT2D eigenvalue weighted by molar-refractivity contribution is 0.648. The number of nitrogens with one attached hydrogen (secondary N) is 1. The third kappa shape index (κ3) is 1.90. The predicted octanol–water partition coefficient (Wildman–Crippen LogP) is 2.76. The van der Waals surface area contributed by atoms with Gasteiger partial charge in [-0.25, -0.2) is 0 Å². The Morgan fingerprint density at radius 1 is 1.40 bits per heavy atom. The van der Waals surface area contributed by atoms with Crippen LogP contribution in [0.25, 0.3) is 10.9 Å². The van der Waals surface area contributed by atoms with E-state index in [1.165, 1.54) is 22.0 Å². The maximum Gasteiger partial charge on any atom is 0.0486 e. The van der Waals surface area contributed by atoms with Crippen LogP contribution in [0.15, 0.2) is 24.4 Å². The van der Waals surface area contributed by atoms with Gasteiger partial charge in [0.25, 0.3) is 0 Å². The zero-order chi connectivity index (χ0) is 10.8. The molecule has 0 saturated carbocycles. The van der Waals surface area contributed by atoms with E-state index in [-0.39, 0.29) is 6.04 Å². The zero-order valence-electron chi connectivity index (χ0n) is 9.38. The number of para-hydroxylation sites is 1. The van der Waals surface area contributed by atoms with Crippen LogP contribution in [0, 0.1) is 6.92 Å². The van der Waals surface area contributed by atoms with Crippen molar-refractivity contribution in [2.45, 2.75) is 32.7 Å². The Hall–Kier alpha value is -1.28. The van der Waals surface area contributed by atoms with Crippen molar-refractivity contribution in [3.05, 3.63) is 35.5 Å². The Kier molecular flexibility index (Phi) is 2.78. The smallest absolute Gasteiger partial charge is 0.0486 e. The van der Waals surface area contributed by atoms with Crippen molar-refractivity contribution in [3.8, 4) is 0 Å². The first-order valence-electron chi connectivity index (χ1n) is 5.53. The van der Waals surface area contributed by atoms with Crippen LogP contribution in [0.4, 0.5) is 0 Å². The molecular formula is C13H18N2. The van der Waals surface area contributed by atoms with Gasteiger partial charge < -0.3 is 10.7 Å². The van der Waals surface area contributed by atoms with Gasteiger partial charge in [-0.05, 0) is 30.9 Å². The van der Waals surface area contributed by atoms with Gasteiger partial charge in [0.1, 0.15) is 0 Å². The van der Waals surface area contributed by atoms with E-state index in [0.717, 1.165) is 12.8 Å². The third-order valence-electron chi connectivity index (χ3n) is 3.02. The fourth-order valence-electron chi connectivity index (χ4n) is 1.96. The van der Waals surface area contributed by atoms with Gasteiger partial charge in [-0.15, -0.1) is 0 Å². The monoisotopic (exact) mass is 202 g/mol. The van der Waals surface area contributed by atoms with Gasteiger partial charge in [0.05, 0.1) is 0 Å². The molecule has 0 radical (unpaired) electrons. The van der Waals surface area contributed by atoms with E-state index < -0.39 is 0 Å². The molecule has 2 aromatic rings. The zero-order valence-corrected chi connectivity index (χ0v) is 9.38. The molecule has 0 amide bonds. The maximum absolute atomic E-state index is 5.98. The Labute approximate surface area is 90.5 Å². The summed E-state index contributed by atoms with van der Waals surface area (Å²) in [5, 5.41) is 1.32. The number of aromatic nitrogens is 1. The van der Waals surface area contributed by atoms with Crippen LogP contribution < -0.4 is 5.73 Å². The number of benzene rings is 1. The first-order valence-corrected chi connectivity index (χ1v) is 5.53. The summed E-state index contributed by atoms with van der Waals surface area (Å²) >= 11 is 0. The molecule has 0 fully saturated rings. The maximum atomic E-state index is 5.98. The highest BCUT2D eigenvalue weighted by molar-refractivity contribution is 5.85. The largest absolute Gasteiger partial charge is 0.361 e. The fraction of sp³-hybridized carbons (Fsp3) is 0.385. The van der Waals surface area contributed by atoms with E-state index in [1.54, 1.807) is 0 Å². The minimum atomic E-state index is 0.268. The van der Waals surface area contributed by atoms with E-state index >= 15 is 0 Å². The molecule has 0 aliphatic rings. The van der Waals surface area contributed by atoms with E-state index in [0.29, 0.717) is 0 Å². The van der Waals surface area contributed by atoms with Crippen molar-refractivity contribution in [2.75, 3.05) is 0 Å². The molecule has 80 valence electrons. The molecule has 0 saturated heterocycles. The van der Waals surface area contributed by atoms with Crippen LogP contribution in [0.5, 0.6) is 0 Å². The Morgan fingerprint density at radius 2 is 2.20 bits per heavy atom. The normalized spacial score (nSPS) is 13.3. The van der Waals surface area contributed by atoms with Crippen LogP contribution in [0.2, 0.25) is 0 Å². The van der Waals surface area contributed by atoms with Gasteiger partial charge in [-0.2, -0.15) is 0 Å². The first kappa shape index (κ1) is 10.2. The van der Waals surface area contributed by atoms with Gasteiger partial charge in [0, 0.05) is 23.1 Å². The quantitative estimate of drug-likeness (QED) is 0.789. The summed E-state index contributed by atoms with van der Waals surface area (Å²) in [7, 11) is 0. The van der Waals surface area contributed by atoms with Crippen LogP contribution in [-0.2, 0) is 6.42 Å². The number of aromatic amines is 1. The Balaban J connectivity index is 2.41. The summed E-state index contributed by atoms with van der Waals surface area (Å²) in [5.41, 5.74) is 9.86. The molecule has 15 heavy (non-hydrogen) atoms. The summed E-state index contributed by atoms with van der Waals surface area (Å²) in [4.78, 5) is 3.33. The van der Waals surface area contributed by atoms with Crippen LogP contribution in [-0.4, -0.2) is 11.0 Å². The van der Waals surface area contributed by atoms with E-state index in [9.17, 15) is 0 Å². The predicted molar refractivity (Wildman–Crippen MR) is 65.0 cm³/mol. The van der Waals surface area contributed by atoms with Crippen molar-refractivity contribution in [1.29, 1.82) is 0 Å². The van der Waals surface area contributed by atoms with Crippen molar-refractivity contribution < 1.29 is 0 Å². The molecule has 3 N–H and O–H groups in total. The second-order valence-electron chi connectivity index (χ2n) is 4.18.